The summed E-state index contributed by atoms with van der Waals surface area (Å²) in [5.41, 5.74) is 0.210. The van der Waals surface area contributed by atoms with Crippen LogP contribution >= 0.6 is 0 Å². The Balaban J connectivity index is 1.46. The number of hydrogen-bond donors (Lipinski definition) is 2. The minimum Gasteiger partial charge on any atom is -0.348 e. The fraction of sp³-hybridized carbons (Fsp3) is 0.684. The van der Waals surface area contributed by atoms with Gasteiger partial charge in [0.2, 0.25) is 10.0 Å². The summed E-state index contributed by atoms with van der Waals surface area (Å²) in [6, 6.07) is 5.51. The molecule has 3 fully saturated rings. The molecule has 0 aliphatic heterocycles. The third kappa shape index (κ3) is 3.51. The van der Waals surface area contributed by atoms with E-state index < -0.39 is 10.0 Å². The van der Waals surface area contributed by atoms with E-state index in [-0.39, 0.29) is 23.2 Å². The predicted molar refractivity (Wildman–Crippen MR) is 99.0 cm³/mol. The maximum atomic E-state index is 12.5. The highest BCUT2D eigenvalue weighted by Gasteiger charge is 2.54. The zero-order valence-corrected chi connectivity index (χ0v) is 16.0. The Morgan fingerprint density at radius 3 is 2.65 bits per heavy atom. The average Bonchev–Trinajstić information content (AvgIpc) is 2.76. The molecule has 142 valence electrons. The molecule has 4 rings (SSSR count). The first-order valence-corrected chi connectivity index (χ1v) is 11.3. The molecule has 26 heavy (non-hydrogen) atoms. The zero-order valence-electron chi connectivity index (χ0n) is 15.1. The van der Waals surface area contributed by atoms with E-state index in [0.29, 0.717) is 23.4 Å². The number of pyridine rings is 1. The van der Waals surface area contributed by atoms with E-state index in [4.69, 9.17) is 0 Å². The van der Waals surface area contributed by atoms with Gasteiger partial charge in [0.15, 0.2) is 0 Å². The molecule has 0 saturated heterocycles. The van der Waals surface area contributed by atoms with Crippen molar-refractivity contribution in [3.05, 3.63) is 30.1 Å². The minimum atomic E-state index is -3.19. The van der Waals surface area contributed by atoms with Crippen LogP contribution in [0.5, 0.6) is 0 Å². The first-order chi connectivity index (χ1) is 12.4. The summed E-state index contributed by atoms with van der Waals surface area (Å²) in [5, 5.41) is 3.17. The number of sulfonamides is 1. The number of fused-ring (bicyclic) bond motifs is 2. The Hall–Kier alpha value is -1.47. The molecule has 3 saturated carbocycles. The lowest BCUT2D eigenvalue weighted by Gasteiger charge is -2.39. The van der Waals surface area contributed by atoms with Gasteiger partial charge in [-0.25, -0.2) is 13.1 Å². The van der Waals surface area contributed by atoms with Gasteiger partial charge < -0.3 is 5.32 Å². The highest BCUT2D eigenvalue weighted by Crippen LogP contribution is 2.55. The van der Waals surface area contributed by atoms with Crippen molar-refractivity contribution in [2.45, 2.75) is 57.0 Å². The van der Waals surface area contributed by atoms with Crippen LogP contribution in [-0.2, 0) is 10.0 Å². The highest BCUT2D eigenvalue weighted by molar-refractivity contribution is 7.89. The lowest BCUT2D eigenvalue weighted by Crippen LogP contribution is -2.51. The molecule has 3 aliphatic rings. The Kier molecular flexibility index (Phi) is 4.55. The first kappa shape index (κ1) is 17.9. The zero-order chi connectivity index (χ0) is 18.4. The molecule has 5 unspecified atom stereocenters. The number of aromatic nitrogens is 1. The number of carbonyl (C=O) groups excluding carboxylic acids is 1. The summed E-state index contributed by atoms with van der Waals surface area (Å²) < 4.78 is 27.4. The van der Waals surface area contributed by atoms with Crippen LogP contribution in [0.25, 0.3) is 0 Å². The van der Waals surface area contributed by atoms with Crippen LogP contribution in [0.2, 0.25) is 0 Å². The Bertz CT molecular complexity index is 778. The second-order valence-electron chi connectivity index (χ2n) is 8.38. The lowest BCUT2D eigenvalue weighted by atomic mass is 9.75. The standard InChI is InChI=1S/C19H27N3O3S/c1-2-26(24,25)22-19-10-13-7-14(11-19)15(12-19)9-16(8-13)21-18(23)17-5-3-4-6-20-17/h3-6,13-16,22H,2,7-12H2,1H3,(H,21,23). The van der Waals surface area contributed by atoms with Crippen LogP contribution in [-0.4, -0.2) is 36.6 Å². The Morgan fingerprint density at radius 1 is 1.19 bits per heavy atom. The molecule has 0 spiro atoms. The maximum absolute atomic E-state index is 12.5. The van der Waals surface area contributed by atoms with Gasteiger partial charge in [-0.2, -0.15) is 0 Å². The monoisotopic (exact) mass is 377 g/mol. The third-order valence-corrected chi connectivity index (χ3v) is 7.98. The van der Waals surface area contributed by atoms with Crippen LogP contribution in [0.4, 0.5) is 0 Å². The molecule has 7 heteroatoms. The molecular weight excluding hydrogens is 350 g/mol. The van der Waals surface area contributed by atoms with Crippen LogP contribution in [0, 0.1) is 17.8 Å². The van der Waals surface area contributed by atoms with Gasteiger partial charge in [0, 0.05) is 17.8 Å². The quantitative estimate of drug-likeness (QED) is 0.822. The summed E-state index contributed by atoms with van der Waals surface area (Å²) in [6.45, 7) is 1.69. The average molecular weight is 378 g/mol. The topological polar surface area (TPSA) is 88.2 Å². The fourth-order valence-electron chi connectivity index (χ4n) is 5.65. The fourth-order valence-corrected chi connectivity index (χ4v) is 6.70. The SMILES string of the molecule is CCS(=O)(=O)NC12CC3CC(NC(=O)c4ccccn4)CC(C1)C(C3)C2. The van der Waals surface area contributed by atoms with Crippen molar-refractivity contribution in [3.63, 3.8) is 0 Å². The van der Waals surface area contributed by atoms with E-state index in [1.54, 1.807) is 25.3 Å². The molecule has 1 aromatic rings. The van der Waals surface area contributed by atoms with Crippen molar-refractivity contribution in [2.75, 3.05) is 5.75 Å². The summed E-state index contributed by atoms with van der Waals surface area (Å²) >= 11 is 0. The minimum absolute atomic E-state index is 0.107. The van der Waals surface area contributed by atoms with Gasteiger partial charge in [-0.3, -0.25) is 9.78 Å². The maximum Gasteiger partial charge on any atom is 0.270 e. The number of hydrogen-bond acceptors (Lipinski definition) is 4. The molecule has 6 nitrogen and oxygen atoms in total. The van der Waals surface area contributed by atoms with Gasteiger partial charge in [-0.1, -0.05) is 6.07 Å². The molecule has 0 aromatic carbocycles. The lowest BCUT2D eigenvalue weighted by molar-refractivity contribution is 0.0916. The summed E-state index contributed by atoms with van der Waals surface area (Å²) in [4.78, 5) is 16.6. The van der Waals surface area contributed by atoms with Gasteiger partial charge in [-0.05, 0) is 75.3 Å². The van der Waals surface area contributed by atoms with Crippen LogP contribution in [0.1, 0.15) is 55.9 Å². The molecule has 1 aromatic heterocycles. The van der Waals surface area contributed by atoms with E-state index in [1.165, 1.54) is 0 Å². The second kappa shape index (κ2) is 6.60. The molecule has 5 atom stereocenters. The van der Waals surface area contributed by atoms with Gasteiger partial charge >= 0.3 is 0 Å². The van der Waals surface area contributed by atoms with Crippen molar-refractivity contribution in [1.29, 1.82) is 0 Å². The van der Waals surface area contributed by atoms with Crippen LogP contribution < -0.4 is 10.0 Å². The number of carbonyl (C=O) groups is 1. The van der Waals surface area contributed by atoms with E-state index in [0.717, 1.165) is 38.5 Å². The van der Waals surface area contributed by atoms with Crippen molar-refractivity contribution in [1.82, 2.24) is 15.0 Å². The molecule has 1 heterocycles. The molecule has 2 N–H and O–H groups in total. The van der Waals surface area contributed by atoms with Gasteiger partial charge in [0.25, 0.3) is 5.91 Å². The molecular formula is C19H27N3O3S. The molecule has 3 aliphatic carbocycles. The van der Waals surface area contributed by atoms with Gasteiger partial charge in [0.1, 0.15) is 5.69 Å². The Morgan fingerprint density at radius 2 is 1.96 bits per heavy atom. The van der Waals surface area contributed by atoms with Gasteiger partial charge in [-0.15, -0.1) is 0 Å². The van der Waals surface area contributed by atoms with E-state index in [2.05, 4.69) is 15.0 Å². The smallest absolute Gasteiger partial charge is 0.270 e. The molecule has 1 amide bonds. The predicted octanol–water partition coefficient (Wildman–Crippen LogP) is 2.09. The first-order valence-electron chi connectivity index (χ1n) is 9.61. The van der Waals surface area contributed by atoms with Crippen molar-refractivity contribution in [2.24, 2.45) is 17.8 Å². The van der Waals surface area contributed by atoms with Crippen molar-refractivity contribution in [3.8, 4) is 0 Å². The normalized spacial score (nSPS) is 35.9. The second-order valence-corrected chi connectivity index (χ2v) is 10.4. The van der Waals surface area contributed by atoms with Crippen molar-refractivity contribution < 1.29 is 13.2 Å². The molecule has 0 radical (unpaired) electrons. The van der Waals surface area contributed by atoms with E-state index in [1.807, 2.05) is 6.07 Å². The Labute approximate surface area is 155 Å². The van der Waals surface area contributed by atoms with Crippen LogP contribution in [0.15, 0.2) is 24.4 Å². The summed E-state index contributed by atoms with van der Waals surface area (Å²) in [7, 11) is -3.19. The van der Waals surface area contributed by atoms with Gasteiger partial charge in [0.05, 0.1) is 5.75 Å². The van der Waals surface area contributed by atoms with Crippen LogP contribution in [0.3, 0.4) is 0 Å². The number of nitrogens with zero attached hydrogens (tertiary/aromatic N) is 1. The van der Waals surface area contributed by atoms with Crippen molar-refractivity contribution >= 4 is 15.9 Å². The number of rotatable bonds is 5. The largest absolute Gasteiger partial charge is 0.348 e. The third-order valence-electron chi connectivity index (χ3n) is 6.48. The summed E-state index contributed by atoms with van der Waals surface area (Å²) in [5.74, 6) is 1.55. The van der Waals surface area contributed by atoms with E-state index >= 15 is 0 Å². The number of amides is 1. The van der Waals surface area contributed by atoms with E-state index in [9.17, 15) is 13.2 Å². The summed E-state index contributed by atoms with van der Waals surface area (Å²) in [6.07, 6.45) is 7.43. The number of nitrogens with one attached hydrogen (secondary N) is 2. The molecule has 3 bridgehead atoms. The highest BCUT2D eigenvalue weighted by atomic mass is 32.2.